The molecule has 2 aromatic rings. The molecule has 2 heterocycles. The first-order chi connectivity index (χ1) is 11.4. The average molecular weight is 330 g/mol. The van der Waals surface area contributed by atoms with Crippen molar-refractivity contribution in [1.82, 2.24) is 19.7 Å². The van der Waals surface area contributed by atoms with Gasteiger partial charge in [0.2, 0.25) is 11.9 Å². The van der Waals surface area contributed by atoms with E-state index in [2.05, 4.69) is 20.4 Å². The summed E-state index contributed by atoms with van der Waals surface area (Å²) in [6.45, 7) is 3.67. The number of aliphatic carboxylic acids is 1. The number of aromatic nitrogens is 4. The van der Waals surface area contributed by atoms with E-state index < -0.39 is 11.9 Å². The fourth-order valence-electron chi connectivity index (χ4n) is 2.04. The average Bonchev–Trinajstić information content (AvgIpc) is 2.85. The predicted octanol–water partition coefficient (Wildman–Crippen LogP) is -0.539. The van der Waals surface area contributed by atoms with E-state index >= 15 is 0 Å². The molecule has 24 heavy (non-hydrogen) atoms. The van der Waals surface area contributed by atoms with Gasteiger partial charge in [0.25, 0.3) is 5.56 Å². The first kappa shape index (κ1) is 17.1. The summed E-state index contributed by atoms with van der Waals surface area (Å²) < 4.78 is 1.28. The van der Waals surface area contributed by atoms with Crippen molar-refractivity contribution < 1.29 is 14.7 Å². The van der Waals surface area contributed by atoms with Gasteiger partial charge in [-0.1, -0.05) is 13.3 Å². The van der Waals surface area contributed by atoms with Crippen LogP contribution in [0.25, 0.3) is 5.95 Å². The van der Waals surface area contributed by atoms with E-state index in [-0.39, 0.29) is 17.3 Å². The van der Waals surface area contributed by atoms with Gasteiger partial charge in [-0.15, -0.1) is 0 Å². The van der Waals surface area contributed by atoms with Gasteiger partial charge in [0.1, 0.15) is 5.82 Å². The van der Waals surface area contributed by atoms with E-state index in [4.69, 9.17) is 0 Å². The summed E-state index contributed by atoms with van der Waals surface area (Å²) in [7, 11) is 0. The minimum atomic E-state index is -1.48. The van der Waals surface area contributed by atoms with Gasteiger partial charge in [0.05, 0.1) is 11.7 Å². The molecule has 126 valence electrons. The summed E-state index contributed by atoms with van der Waals surface area (Å²) in [6.07, 6.45) is 2.90. The molecule has 0 saturated heterocycles. The third kappa shape index (κ3) is 4.38. The number of H-pyrrole nitrogens is 1. The molecular weight excluding hydrogens is 314 g/mol. The fourth-order valence-corrected chi connectivity index (χ4v) is 2.04. The quantitative estimate of drug-likeness (QED) is 0.684. The zero-order valence-electron chi connectivity index (χ0n) is 13.2. The van der Waals surface area contributed by atoms with E-state index in [0.29, 0.717) is 23.9 Å². The molecule has 0 atom stereocenters. The maximum Gasteiger partial charge on any atom is 0.252 e. The zero-order valence-corrected chi connectivity index (χ0v) is 13.2. The summed E-state index contributed by atoms with van der Waals surface area (Å²) in [6, 6.07) is 2.97. The highest BCUT2D eigenvalue weighted by Gasteiger charge is 2.12. The van der Waals surface area contributed by atoms with Crippen LogP contribution in [-0.2, 0) is 16.0 Å². The number of hydrogen-bond donors (Lipinski definition) is 2. The van der Waals surface area contributed by atoms with Crippen LogP contribution in [0.15, 0.2) is 29.1 Å². The Kier molecular flexibility index (Phi) is 5.25. The summed E-state index contributed by atoms with van der Waals surface area (Å²) in [4.78, 5) is 40.7. The van der Waals surface area contributed by atoms with Crippen molar-refractivity contribution in [2.75, 3.05) is 5.32 Å². The van der Waals surface area contributed by atoms with Crippen molar-refractivity contribution in [3.05, 3.63) is 46.0 Å². The minimum absolute atomic E-state index is 0.165. The Bertz CT molecular complexity index is 850. The lowest BCUT2D eigenvalue weighted by Crippen LogP contribution is -2.21. The normalized spacial score (nSPS) is 10.9. The summed E-state index contributed by atoms with van der Waals surface area (Å²) in [5, 5.41) is 17.0. The van der Waals surface area contributed by atoms with Gasteiger partial charge in [-0.2, -0.15) is 9.78 Å². The van der Waals surface area contributed by atoms with Gasteiger partial charge in [-0.25, -0.2) is 4.98 Å². The number of carbonyl (C=O) groups excluding carboxylic acids is 2. The first-order valence-corrected chi connectivity index (χ1v) is 7.26. The largest absolute Gasteiger partial charge is 0.545 e. The Morgan fingerprint density at radius 2 is 2.12 bits per heavy atom. The highest BCUT2D eigenvalue weighted by atomic mass is 16.4. The molecule has 0 unspecified atom stereocenters. The lowest BCUT2D eigenvalue weighted by Gasteiger charge is -2.08. The second-order valence-electron chi connectivity index (χ2n) is 5.03. The molecule has 2 aromatic heterocycles. The molecule has 0 aromatic carbocycles. The molecule has 2 N–H and O–H groups in total. The number of carbonyl (C=O) groups is 2. The number of aryl methyl sites for hydroxylation is 2. The molecule has 9 nitrogen and oxygen atoms in total. The van der Waals surface area contributed by atoms with Crippen LogP contribution >= 0.6 is 0 Å². The molecule has 0 bridgehead atoms. The van der Waals surface area contributed by atoms with E-state index in [1.54, 1.807) is 13.0 Å². The zero-order chi connectivity index (χ0) is 17.7. The molecule has 0 saturated carbocycles. The number of aromatic amines is 1. The van der Waals surface area contributed by atoms with Gasteiger partial charge in [-0.05, 0) is 19.4 Å². The van der Waals surface area contributed by atoms with Gasteiger partial charge in [-0.3, -0.25) is 14.6 Å². The summed E-state index contributed by atoms with van der Waals surface area (Å²) in [5.41, 5.74) is 0.863. The Labute approximate surface area is 137 Å². The Balaban J connectivity index is 2.37. The SMILES string of the molecule is CCCc1cc(=O)[nH]c(-n2nc(C)cc2NC(=O)/C=C/C(=O)[O-])n1. The number of nitrogens with one attached hydrogen (secondary N) is 2. The van der Waals surface area contributed by atoms with Crippen LogP contribution in [0.1, 0.15) is 24.7 Å². The van der Waals surface area contributed by atoms with Crippen molar-refractivity contribution >= 4 is 17.7 Å². The Morgan fingerprint density at radius 3 is 2.79 bits per heavy atom. The van der Waals surface area contributed by atoms with E-state index in [9.17, 15) is 19.5 Å². The van der Waals surface area contributed by atoms with E-state index in [0.717, 1.165) is 12.5 Å². The number of hydrogen-bond acceptors (Lipinski definition) is 6. The van der Waals surface area contributed by atoms with Crippen molar-refractivity contribution in [2.24, 2.45) is 0 Å². The van der Waals surface area contributed by atoms with Crippen molar-refractivity contribution in [3.63, 3.8) is 0 Å². The van der Waals surface area contributed by atoms with E-state index in [1.165, 1.54) is 10.7 Å². The van der Waals surface area contributed by atoms with Crippen molar-refractivity contribution in [3.8, 4) is 5.95 Å². The third-order valence-corrected chi connectivity index (χ3v) is 2.94. The predicted molar refractivity (Wildman–Crippen MR) is 83.5 cm³/mol. The topological polar surface area (TPSA) is 133 Å². The maximum atomic E-state index is 11.8. The smallest absolute Gasteiger partial charge is 0.252 e. The minimum Gasteiger partial charge on any atom is -0.545 e. The van der Waals surface area contributed by atoms with Crippen LogP contribution in [0.5, 0.6) is 0 Å². The second kappa shape index (κ2) is 7.36. The maximum absolute atomic E-state index is 11.8. The van der Waals surface area contributed by atoms with Crippen molar-refractivity contribution in [1.29, 1.82) is 0 Å². The number of amides is 1. The molecule has 9 heteroatoms. The van der Waals surface area contributed by atoms with Crippen LogP contribution in [0.3, 0.4) is 0 Å². The van der Waals surface area contributed by atoms with Crippen LogP contribution in [0.4, 0.5) is 5.82 Å². The molecule has 0 radical (unpaired) electrons. The molecule has 2 rings (SSSR count). The lowest BCUT2D eigenvalue weighted by molar-refractivity contribution is -0.297. The highest BCUT2D eigenvalue weighted by Crippen LogP contribution is 2.14. The first-order valence-electron chi connectivity index (χ1n) is 7.26. The molecule has 1 amide bonds. The third-order valence-electron chi connectivity index (χ3n) is 2.94. The monoisotopic (exact) mass is 330 g/mol. The van der Waals surface area contributed by atoms with Crippen LogP contribution in [0, 0.1) is 6.92 Å². The van der Waals surface area contributed by atoms with Crippen LogP contribution < -0.4 is 16.0 Å². The molecule has 0 aliphatic carbocycles. The second-order valence-corrected chi connectivity index (χ2v) is 5.03. The molecule has 0 fully saturated rings. The van der Waals surface area contributed by atoms with Crippen LogP contribution in [0.2, 0.25) is 0 Å². The standard InChI is InChI=1S/C15H17N5O4/c1-3-4-10-8-13(22)18-15(16-10)20-11(7-9(2)19-20)17-12(21)5-6-14(23)24/h5-8H,3-4H2,1-2H3,(H,17,21)(H,23,24)(H,16,18,22)/p-1/b6-5+. The molecule has 0 spiro atoms. The Morgan fingerprint density at radius 1 is 1.38 bits per heavy atom. The summed E-state index contributed by atoms with van der Waals surface area (Å²) >= 11 is 0. The molecule has 0 aliphatic heterocycles. The van der Waals surface area contributed by atoms with Gasteiger partial charge in [0, 0.05) is 23.9 Å². The van der Waals surface area contributed by atoms with Crippen molar-refractivity contribution in [2.45, 2.75) is 26.7 Å². The highest BCUT2D eigenvalue weighted by molar-refractivity contribution is 6.01. The van der Waals surface area contributed by atoms with Gasteiger partial charge >= 0.3 is 0 Å². The number of rotatable bonds is 6. The lowest BCUT2D eigenvalue weighted by atomic mass is 10.2. The summed E-state index contributed by atoms with van der Waals surface area (Å²) in [5.74, 6) is -1.74. The number of nitrogens with zero attached hydrogens (tertiary/aromatic N) is 3. The number of anilines is 1. The van der Waals surface area contributed by atoms with Crippen LogP contribution in [-0.4, -0.2) is 31.6 Å². The Hall–Kier alpha value is -3.23. The van der Waals surface area contributed by atoms with Gasteiger partial charge in [0.15, 0.2) is 0 Å². The molecule has 0 aliphatic rings. The van der Waals surface area contributed by atoms with E-state index in [1.807, 2.05) is 6.92 Å². The molecular formula is C15H16N5O4-. The van der Waals surface area contributed by atoms with Gasteiger partial charge < -0.3 is 15.2 Å². The number of carboxylic acid groups (broad SMARTS) is 1. The number of carboxylic acids is 1. The fraction of sp³-hybridized carbons (Fsp3) is 0.267.